The number of carbonyl (C=O) groups is 1. The van der Waals surface area contributed by atoms with Crippen molar-refractivity contribution in [3.8, 4) is 11.3 Å². The summed E-state index contributed by atoms with van der Waals surface area (Å²) >= 11 is 6.35. The number of hydrogen-bond acceptors (Lipinski definition) is 7. The van der Waals surface area contributed by atoms with E-state index < -0.39 is 12.0 Å². The summed E-state index contributed by atoms with van der Waals surface area (Å²) in [5.41, 5.74) is 3.06. The van der Waals surface area contributed by atoms with Gasteiger partial charge in [-0.15, -0.1) is 11.8 Å². The predicted octanol–water partition coefficient (Wildman–Crippen LogP) is 6.68. The molecule has 1 aliphatic rings. The third-order valence-corrected chi connectivity index (χ3v) is 9.09. The molecule has 5 aromatic rings. The van der Waals surface area contributed by atoms with Gasteiger partial charge in [0.25, 0.3) is 5.56 Å². The number of benzene rings is 3. The molecule has 6 nitrogen and oxygen atoms in total. The first kappa shape index (κ1) is 28.2. The number of aromatic nitrogens is 1. The zero-order chi connectivity index (χ0) is 29.2. The molecule has 0 N–H and O–H groups in total. The van der Waals surface area contributed by atoms with E-state index in [2.05, 4.69) is 15.9 Å². The van der Waals surface area contributed by atoms with Crippen molar-refractivity contribution < 1.29 is 13.9 Å². The van der Waals surface area contributed by atoms with Crippen LogP contribution in [0, 0.1) is 0 Å². The van der Waals surface area contributed by atoms with E-state index in [9.17, 15) is 9.59 Å². The summed E-state index contributed by atoms with van der Waals surface area (Å²) in [6.07, 6.45) is 3.74. The summed E-state index contributed by atoms with van der Waals surface area (Å²) in [5.74, 6) is 0.745. The molecule has 0 bridgehead atoms. The molecule has 0 saturated carbocycles. The normalized spacial score (nSPS) is 14.9. The second kappa shape index (κ2) is 12.1. The van der Waals surface area contributed by atoms with Gasteiger partial charge in [-0.05, 0) is 55.1 Å². The van der Waals surface area contributed by atoms with Crippen LogP contribution in [0.3, 0.4) is 0 Å². The van der Waals surface area contributed by atoms with Crippen molar-refractivity contribution in [1.29, 1.82) is 0 Å². The van der Waals surface area contributed by atoms with E-state index in [0.717, 1.165) is 26.1 Å². The fraction of sp³-hybridized carbons (Fsp3) is 0.121. The number of rotatable bonds is 7. The molecule has 6 rings (SSSR count). The van der Waals surface area contributed by atoms with E-state index in [4.69, 9.17) is 14.1 Å². The van der Waals surface area contributed by atoms with Crippen molar-refractivity contribution in [3.05, 3.63) is 138 Å². The summed E-state index contributed by atoms with van der Waals surface area (Å²) in [4.78, 5) is 34.1. The maximum absolute atomic E-state index is 14.1. The van der Waals surface area contributed by atoms with E-state index >= 15 is 0 Å². The van der Waals surface area contributed by atoms with Gasteiger partial charge in [-0.3, -0.25) is 9.36 Å². The summed E-state index contributed by atoms with van der Waals surface area (Å²) < 4.78 is 14.7. The molecular weight excluding hydrogens is 632 g/mol. The Hall–Kier alpha value is -3.92. The molecule has 0 aliphatic carbocycles. The number of thiazole rings is 1. The predicted molar refractivity (Wildman–Crippen MR) is 171 cm³/mol. The molecule has 0 radical (unpaired) electrons. The standard InChI is InChI=1S/C33H25BrN2O4S2/c1-3-39-32(38)28-29(21-7-5-4-6-8-21)35-33-36(30(28)22-11-16-25(41-2)17-12-22)31(37)27(42-33)19-24-15-18-26(40-24)20-9-13-23(34)14-10-20/h4-19,30H,3H2,1-2H3/b27-19-/t30-/m0/s1. The van der Waals surface area contributed by atoms with Gasteiger partial charge in [0.05, 0.1) is 28.5 Å². The molecule has 2 aromatic heterocycles. The van der Waals surface area contributed by atoms with Crippen molar-refractivity contribution in [2.75, 3.05) is 12.9 Å². The fourth-order valence-electron chi connectivity index (χ4n) is 4.87. The maximum Gasteiger partial charge on any atom is 0.338 e. The lowest BCUT2D eigenvalue weighted by atomic mass is 9.93. The highest BCUT2D eigenvalue weighted by Gasteiger charge is 2.35. The van der Waals surface area contributed by atoms with Crippen molar-refractivity contribution in [2.45, 2.75) is 17.9 Å². The van der Waals surface area contributed by atoms with Gasteiger partial charge in [0.2, 0.25) is 0 Å². The van der Waals surface area contributed by atoms with Crippen LogP contribution >= 0.6 is 39.0 Å². The van der Waals surface area contributed by atoms with Gasteiger partial charge in [-0.25, -0.2) is 9.79 Å². The minimum Gasteiger partial charge on any atom is -0.463 e. The molecule has 42 heavy (non-hydrogen) atoms. The molecule has 3 aromatic carbocycles. The average Bonchev–Trinajstić information content (AvgIpc) is 3.61. The Balaban J connectivity index is 1.55. The molecule has 0 amide bonds. The van der Waals surface area contributed by atoms with Crippen molar-refractivity contribution in [3.63, 3.8) is 0 Å². The smallest absolute Gasteiger partial charge is 0.338 e. The third-order valence-electron chi connectivity index (χ3n) is 6.83. The summed E-state index contributed by atoms with van der Waals surface area (Å²) in [7, 11) is 0. The van der Waals surface area contributed by atoms with Gasteiger partial charge in [-0.1, -0.05) is 81.9 Å². The molecule has 0 unspecified atom stereocenters. The van der Waals surface area contributed by atoms with Crippen LogP contribution < -0.4 is 14.9 Å². The zero-order valence-corrected chi connectivity index (χ0v) is 26.0. The average molecular weight is 658 g/mol. The number of fused-ring (bicyclic) bond motifs is 1. The summed E-state index contributed by atoms with van der Waals surface area (Å²) in [6, 6.07) is 28.3. The third kappa shape index (κ3) is 5.47. The van der Waals surface area contributed by atoms with Gasteiger partial charge < -0.3 is 9.15 Å². The Kier molecular flexibility index (Phi) is 8.15. The first-order valence-corrected chi connectivity index (χ1v) is 16.1. The zero-order valence-electron chi connectivity index (χ0n) is 22.7. The van der Waals surface area contributed by atoms with Crippen LogP contribution in [0.5, 0.6) is 0 Å². The largest absolute Gasteiger partial charge is 0.463 e. The quantitative estimate of drug-likeness (QED) is 0.144. The van der Waals surface area contributed by atoms with E-state index in [1.807, 2.05) is 97.3 Å². The number of furan rings is 1. The number of carbonyl (C=O) groups excluding carboxylic acids is 1. The molecule has 0 spiro atoms. The highest BCUT2D eigenvalue weighted by molar-refractivity contribution is 9.10. The van der Waals surface area contributed by atoms with Crippen LogP contribution in [-0.4, -0.2) is 23.4 Å². The van der Waals surface area contributed by atoms with Gasteiger partial charge in [-0.2, -0.15) is 0 Å². The Morgan fingerprint density at radius 3 is 2.45 bits per heavy atom. The number of halogens is 1. The van der Waals surface area contributed by atoms with Crippen LogP contribution in [-0.2, 0) is 9.53 Å². The topological polar surface area (TPSA) is 73.8 Å². The fourth-order valence-corrected chi connectivity index (χ4v) is 6.52. The number of hydrogen-bond donors (Lipinski definition) is 0. The first-order chi connectivity index (χ1) is 20.5. The Bertz CT molecular complexity index is 1970. The molecule has 210 valence electrons. The number of ether oxygens (including phenoxy) is 1. The van der Waals surface area contributed by atoms with E-state index in [1.54, 1.807) is 29.3 Å². The van der Waals surface area contributed by atoms with Crippen molar-refractivity contribution in [1.82, 2.24) is 4.57 Å². The highest BCUT2D eigenvalue weighted by atomic mass is 79.9. The van der Waals surface area contributed by atoms with Crippen LogP contribution in [0.2, 0.25) is 0 Å². The molecular formula is C33H25BrN2O4S2. The molecule has 0 saturated heterocycles. The number of esters is 1. The molecule has 9 heteroatoms. The summed E-state index contributed by atoms with van der Waals surface area (Å²) in [6.45, 7) is 1.97. The van der Waals surface area contributed by atoms with Crippen molar-refractivity contribution in [2.24, 2.45) is 4.99 Å². The first-order valence-electron chi connectivity index (χ1n) is 13.2. The Labute approximate surface area is 258 Å². The van der Waals surface area contributed by atoms with E-state index in [0.29, 0.717) is 32.1 Å². The lowest BCUT2D eigenvalue weighted by Crippen LogP contribution is -2.40. The van der Waals surface area contributed by atoms with Crippen LogP contribution in [0.1, 0.15) is 29.9 Å². The van der Waals surface area contributed by atoms with E-state index in [-0.39, 0.29) is 12.2 Å². The number of thioether (sulfide) groups is 1. The Morgan fingerprint density at radius 2 is 1.76 bits per heavy atom. The van der Waals surface area contributed by atoms with Crippen molar-refractivity contribution >= 4 is 56.8 Å². The minimum atomic E-state index is -0.719. The summed E-state index contributed by atoms with van der Waals surface area (Å²) in [5, 5.41) is 0. The molecule has 1 atom stereocenters. The lowest BCUT2D eigenvalue weighted by Gasteiger charge is -2.26. The lowest BCUT2D eigenvalue weighted by molar-refractivity contribution is -0.138. The van der Waals surface area contributed by atoms with Crippen LogP contribution in [0.15, 0.2) is 120 Å². The monoisotopic (exact) mass is 656 g/mol. The SMILES string of the molecule is CCOC(=O)C1=C(c2ccccc2)N=c2s/c(=C\c3ccc(-c4ccc(Br)cc4)o3)c(=O)n2[C@H]1c1ccc(SC)cc1. The second-order valence-electron chi connectivity index (χ2n) is 9.41. The van der Waals surface area contributed by atoms with Gasteiger partial charge >= 0.3 is 5.97 Å². The van der Waals surface area contributed by atoms with Gasteiger partial charge in [0, 0.05) is 26.6 Å². The van der Waals surface area contributed by atoms with Gasteiger partial charge in [0.1, 0.15) is 11.5 Å². The molecule has 1 aliphatic heterocycles. The van der Waals surface area contributed by atoms with E-state index in [1.165, 1.54) is 11.3 Å². The molecule has 3 heterocycles. The maximum atomic E-state index is 14.1. The Morgan fingerprint density at radius 1 is 1.02 bits per heavy atom. The number of nitrogens with zero attached hydrogens (tertiary/aromatic N) is 2. The second-order valence-corrected chi connectivity index (χ2v) is 12.2. The minimum absolute atomic E-state index is 0.201. The van der Waals surface area contributed by atoms with Crippen LogP contribution in [0.4, 0.5) is 0 Å². The van der Waals surface area contributed by atoms with Crippen LogP contribution in [0.25, 0.3) is 23.1 Å². The molecule has 0 fully saturated rings. The highest BCUT2D eigenvalue weighted by Crippen LogP contribution is 2.35. The van der Waals surface area contributed by atoms with Gasteiger partial charge in [0.15, 0.2) is 4.80 Å².